The number of carbonyl (C=O) groups excluding carboxylic acids is 1. The van der Waals surface area contributed by atoms with Gasteiger partial charge in [-0.25, -0.2) is 8.78 Å². The molecule has 0 radical (unpaired) electrons. The highest BCUT2D eigenvalue weighted by molar-refractivity contribution is 5.85. The van der Waals surface area contributed by atoms with E-state index in [1.54, 1.807) is 0 Å². The summed E-state index contributed by atoms with van der Waals surface area (Å²) in [4.78, 5) is 10.5. The lowest BCUT2D eigenvalue weighted by molar-refractivity contribution is -0.120. The highest BCUT2D eigenvalue weighted by atomic mass is 35.5. The number of hydrogen-bond donors (Lipinski definition) is 1. The SMILES string of the molecule is Cl.NC(=O)CC1CCC(F)(F)CC1. The van der Waals surface area contributed by atoms with E-state index in [4.69, 9.17) is 5.73 Å². The van der Waals surface area contributed by atoms with Gasteiger partial charge in [0, 0.05) is 19.3 Å². The molecule has 78 valence electrons. The zero-order valence-electron chi connectivity index (χ0n) is 7.26. The van der Waals surface area contributed by atoms with E-state index in [0.717, 1.165) is 0 Å². The minimum absolute atomic E-state index is 0. The van der Waals surface area contributed by atoms with Crippen LogP contribution in [0.3, 0.4) is 0 Å². The first kappa shape index (κ1) is 12.6. The topological polar surface area (TPSA) is 43.1 Å². The molecular weight excluding hydrogens is 200 g/mol. The fourth-order valence-electron chi connectivity index (χ4n) is 1.59. The number of halogens is 3. The molecule has 1 rings (SSSR count). The van der Waals surface area contributed by atoms with Crippen molar-refractivity contribution in [3.8, 4) is 0 Å². The first-order valence-corrected chi connectivity index (χ1v) is 4.16. The number of nitrogens with two attached hydrogens (primary N) is 1. The first-order valence-electron chi connectivity index (χ1n) is 4.16. The molecule has 0 unspecified atom stereocenters. The van der Waals surface area contributed by atoms with Crippen LogP contribution in [-0.4, -0.2) is 11.8 Å². The molecule has 0 spiro atoms. The van der Waals surface area contributed by atoms with E-state index in [0.29, 0.717) is 12.8 Å². The summed E-state index contributed by atoms with van der Waals surface area (Å²) in [6.07, 6.45) is 0.928. The summed E-state index contributed by atoms with van der Waals surface area (Å²) in [5, 5.41) is 0. The summed E-state index contributed by atoms with van der Waals surface area (Å²) in [5.41, 5.74) is 4.96. The van der Waals surface area contributed by atoms with Crippen LogP contribution in [0, 0.1) is 5.92 Å². The van der Waals surface area contributed by atoms with E-state index >= 15 is 0 Å². The monoisotopic (exact) mass is 213 g/mol. The van der Waals surface area contributed by atoms with Crippen LogP contribution in [0.15, 0.2) is 0 Å². The third-order valence-corrected chi connectivity index (χ3v) is 2.33. The average molecular weight is 214 g/mol. The van der Waals surface area contributed by atoms with Crippen LogP contribution in [0.25, 0.3) is 0 Å². The third kappa shape index (κ3) is 4.41. The Morgan fingerprint density at radius 2 is 1.85 bits per heavy atom. The largest absolute Gasteiger partial charge is 0.370 e. The van der Waals surface area contributed by atoms with Gasteiger partial charge in [0.25, 0.3) is 0 Å². The van der Waals surface area contributed by atoms with Gasteiger partial charge in [-0.2, -0.15) is 0 Å². The van der Waals surface area contributed by atoms with Gasteiger partial charge in [-0.1, -0.05) is 0 Å². The van der Waals surface area contributed by atoms with Crippen LogP contribution in [0.1, 0.15) is 32.1 Å². The lowest BCUT2D eigenvalue weighted by atomic mass is 9.85. The molecule has 1 saturated carbocycles. The molecule has 0 heterocycles. The van der Waals surface area contributed by atoms with Crippen molar-refractivity contribution in [2.24, 2.45) is 11.7 Å². The Labute approximate surface area is 82.3 Å². The van der Waals surface area contributed by atoms with Crippen molar-refractivity contribution in [1.29, 1.82) is 0 Å². The highest BCUT2D eigenvalue weighted by Crippen LogP contribution is 2.37. The number of rotatable bonds is 2. The molecule has 0 aromatic rings. The van der Waals surface area contributed by atoms with Crippen LogP contribution in [-0.2, 0) is 4.79 Å². The zero-order chi connectivity index (χ0) is 9.19. The maximum atomic E-state index is 12.6. The summed E-state index contributed by atoms with van der Waals surface area (Å²) in [6.45, 7) is 0. The van der Waals surface area contributed by atoms with E-state index in [1.165, 1.54) is 0 Å². The summed E-state index contributed by atoms with van der Waals surface area (Å²) in [6, 6.07) is 0. The molecular formula is C8H14ClF2NO. The first-order chi connectivity index (χ1) is 5.49. The maximum absolute atomic E-state index is 12.6. The predicted molar refractivity (Wildman–Crippen MR) is 48.0 cm³/mol. The average Bonchev–Trinajstić information content (AvgIpc) is 1.93. The van der Waals surface area contributed by atoms with Gasteiger partial charge in [0.15, 0.2) is 0 Å². The molecule has 1 amide bonds. The van der Waals surface area contributed by atoms with Gasteiger partial charge >= 0.3 is 0 Å². The van der Waals surface area contributed by atoms with Gasteiger partial charge in [0.1, 0.15) is 0 Å². The van der Waals surface area contributed by atoms with Crippen molar-refractivity contribution >= 4 is 18.3 Å². The van der Waals surface area contributed by atoms with Crippen LogP contribution in [0.5, 0.6) is 0 Å². The Kier molecular flexibility index (Phi) is 4.61. The van der Waals surface area contributed by atoms with Crippen LogP contribution in [0.4, 0.5) is 8.78 Å². The fraction of sp³-hybridized carbons (Fsp3) is 0.875. The molecule has 2 N–H and O–H groups in total. The molecule has 0 aromatic heterocycles. The summed E-state index contributed by atoms with van der Waals surface area (Å²) >= 11 is 0. The van der Waals surface area contributed by atoms with Crippen molar-refractivity contribution in [2.75, 3.05) is 0 Å². The Morgan fingerprint density at radius 3 is 2.23 bits per heavy atom. The fourth-order valence-corrected chi connectivity index (χ4v) is 1.59. The minimum atomic E-state index is -2.51. The molecule has 0 bridgehead atoms. The van der Waals surface area contributed by atoms with Crippen LogP contribution < -0.4 is 5.73 Å². The van der Waals surface area contributed by atoms with E-state index in [2.05, 4.69) is 0 Å². The van der Waals surface area contributed by atoms with Gasteiger partial charge in [-0.3, -0.25) is 4.79 Å². The normalized spacial score (nSPS) is 22.0. The highest BCUT2D eigenvalue weighted by Gasteiger charge is 2.35. The van der Waals surface area contributed by atoms with Crippen LogP contribution >= 0.6 is 12.4 Å². The number of primary amides is 1. The predicted octanol–water partition coefficient (Wildman–Crippen LogP) is 2.11. The molecule has 0 saturated heterocycles. The van der Waals surface area contributed by atoms with Crippen molar-refractivity contribution < 1.29 is 13.6 Å². The Hall–Kier alpha value is -0.380. The molecule has 2 nitrogen and oxygen atoms in total. The molecule has 13 heavy (non-hydrogen) atoms. The summed E-state index contributed by atoms with van der Waals surface area (Å²) in [7, 11) is 0. The lowest BCUT2D eigenvalue weighted by Gasteiger charge is -2.27. The van der Waals surface area contributed by atoms with E-state index in [-0.39, 0.29) is 43.5 Å². The molecule has 1 fully saturated rings. The van der Waals surface area contributed by atoms with Gasteiger partial charge in [-0.15, -0.1) is 12.4 Å². The number of alkyl halides is 2. The Bertz CT molecular complexity index is 177. The summed E-state index contributed by atoms with van der Waals surface area (Å²) in [5.74, 6) is -2.80. The standard InChI is InChI=1S/C8H13F2NO.ClH/c9-8(10)3-1-6(2-4-8)5-7(11)12;/h6H,1-5H2,(H2,11,12);1H. The smallest absolute Gasteiger partial charge is 0.248 e. The van der Waals surface area contributed by atoms with Crippen molar-refractivity contribution in [1.82, 2.24) is 0 Å². The van der Waals surface area contributed by atoms with Gasteiger partial charge in [0.05, 0.1) is 0 Å². The van der Waals surface area contributed by atoms with Crippen LogP contribution in [0.2, 0.25) is 0 Å². The maximum Gasteiger partial charge on any atom is 0.248 e. The molecule has 0 aromatic carbocycles. The minimum Gasteiger partial charge on any atom is -0.370 e. The molecule has 1 aliphatic carbocycles. The van der Waals surface area contributed by atoms with Crippen molar-refractivity contribution in [3.05, 3.63) is 0 Å². The van der Waals surface area contributed by atoms with E-state index < -0.39 is 5.92 Å². The molecule has 0 aliphatic heterocycles. The van der Waals surface area contributed by atoms with Gasteiger partial charge < -0.3 is 5.73 Å². The van der Waals surface area contributed by atoms with E-state index in [9.17, 15) is 13.6 Å². The summed E-state index contributed by atoms with van der Waals surface area (Å²) < 4.78 is 25.2. The number of hydrogen-bond acceptors (Lipinski definition) is 1. The molecule has 1 aliphatic rings. The molecule has 5 heteroatoms. The van der Waals surface area contributed by atoms with Crippen molar-refractivity contribution in [3.63, 3.8) is 0 Å². The lowest BCUT2D eigenvalue weighted by Crippen LogP contribution is -2.27. The quantitative estimate of drug-likeness (QED) is 0.750. The third-order valence-electron chi connectivity index (χ3n) is 2.33. The van der Waals surface area contributed by atoms with Gasteiger partial charge in [0.2, 0.25) is 11.8 Å². The Morgan fingerprint density at radius 1 is 1.38 bits per heavy atom. The number of carbonyl (C=O) groups is 1. The van der Waals surface area contributed by atoms with E-state index in [1.807, 2.05) is 0 Å². The second kappa shape index (κ2) is 4.74. The van der Waals surface area contributed by atoms with Crippen molar-refractivity contribution in [2.45, 2.75) is 38.0 Å². The molecule has 0 atom stereocenters. The Balaban J connectivity index is 0.00000144. The number of amides is 1. The van der Waals surface area contributed by atoms with Gasteiger partial charge in [-0.05, 0) is 18.8 Å². The zero-order valence-corrected chi connectivity index (χ0v) is 8.08. The second-order valence-corrected chi connectivity index (χ2v) is 3.47. The second-order valence-electron chi connectivity index (χ2n) is 3.47.